The van der Waals surface area contributed by atoms with Crippen LogP contribution in [0.1, 0.15) is 227 Å². The van der Waals surface area contributed by atoms with Gasteiger partial charge >= 0.3 is 41.5 Å². The Morgan fingerprint density at radius 2 is 0.800 bits per heavy atom. The average molecular weight is 797 g/mol. The van der Waals surface area contributed by atoms with Gasteiger partial charge in [0.25, 0.3) is 0 Å². The summed E-state index contributed by atoms with van der Waals surface area (Å²) < 4.78 is 45.7. The molecule has 0 radical (unpaired) electrons. The van der Waals surface area contributed by atoms with E-state index in [0.29, 0.717) is 12.8 Å². The topological polar surface area (TPSA) is 110 Å². The summed E-state index contributed by atoms with van der Waals surface area (Å²) in [6.07, 6.45) is 45.4. The maximum Gasteiger partial charge on any atom is 1.00 e. The Bertz CT molecular complexity index is 1240. The van der Waals surface area contributed by atoms with Crippen LogP contribution in [0, 0.1) is 0 Å². The zero-order chi connectivity index (χ0) is 39.4. The van der Waals surface area contributed by atoms with Crippen LogP contribution in [0.4, 0.5) is 0 Å². The minimum absolute atomic E-state index is 0. The van der Waals surface area contributed by atoms with Crippen LogP contribution in [0.15, 0.2) is 47.4 Å². The number of unbranched alkanes of at least 4 members (excludes halogenated alkanes) is 26. The molecule has 0 saturated carbocycles. The van der Waals surface area contributed by atoms with Crippen LogP contribution in [-0.2, 0) is 19.6 Å². The molecule has 7 nitrogen and oxygen atoms in total. The largest absolute Gasteiger partial charge is 1.00 e. The normalized spacial score (nSPS) is 11.7. The summed E-state index contributed by atoms with van der Waals surface area (Å²) in [6.45, 7) is 4.78. The first-order valence-corrected chi connectivity index (χ1v) is 23.5. The Hall–Kier alpha value is -1.45. The fraction of sp³-hybridized carbons (Fsp3) is 0.739. The second kappa shape index (κ2) is 38.1. The molecule has 1 rings (SSSR count). The summed E-state index contributed by atoms with van der Waals surface area (Å²) in [7, 11) is -4.83. The first-order chi connectivity index (χ1) is 26.3. The third kappa shape index (κ3) is 31.3. The van der Waals surface area contributed by atoms with E-state index in [1.165, 1.54) is 154 Å². The van der Waals surface area contributed by atoms with Crippen LogP contribution in [0.3, 0.4) is 0 Å². The molecule has 0 N–H and O–H groups in total. The van der Waals surface area contributed by atoms with Crippen molar-refractivity contribution in [1.82, 2.24) is 0 Å². The fourth-order valence-electron chi connectivity index (χ4n) is 6.59. The summed E-state index contributed by atoms with van der Waals surface area (Å²) in [4.78, 5) is 25.2. The first kappa shape index (κ1) is 53.6. The van der Waals surface area contributed by atoms with Crippen molar-refractivity contribution in [3.05, 3.63) is 53.6 Å². The van der Waals surface area contributed by atoms with Gasteiger partial charge in [0, 0.05) is 0 Å². The standard InChI is InChI=1S/C46H78O7S.Na/c1-3-5-7-9-11-13-15-17-19-21-23-25-27-29-31-33-35-39-52-45(47)43-38-37-42(54(49,50)51)41-44(43)46(48)53-40-36-34-32-30-28-26-24-22-20-18-16-14-12-10-8-6-4-2;/h29-32,37-38,41H,3-28,33-36,39-40H2,1-2H3,(H,49,50,51);/q;+1/p-1/b31-29+,32-30+;. The minimum atomic E-state index is -4.83. The van der Waals surface area contributed by atoms with E-state index in [0.717, 1.165) is 43.9 Å². The van der Waals surface area contributed by atoms with Gasteiger partial charge in [-0.2, -0.15) is 0 Å². The molecular weight excluding hydrogens is 720 g/mol. The van der Waals surface area contributed by atoms with Crippen molar-refractivity contribution in [2.45, 2.75) is 211 Å². The molecule has 0 fully saturated rings. The maximum atomic E-state index is 12.9. The van der Waals surface area contributed by atoms with Gasteiger partial charge in [-0.1, -0.05) is 179 Å². The summed E-state index contributed by atoms with van der Waals surface area (Å²) in [5.41, 5.74) is -0.390. The minimum Gasteiger partial charge on any atom is -0.744 e. The van der Waals surface area contributed by atoms with Gasteiger partial charge in [-0.05, 0) is 69.6 Å². The summed E-state index contributed by atoms with van der Waals surface area (Å²) >= 11 is 0. The Kier molecular flexibility index (Phi) is 37.1. The van der Waals surface area contributed by atoms with Gasteiger partial charge in [-0.25, -0.2) is 18.0 Å². The molecule has 0 aromatic heterocycles. The number of carbonyl (C=O) groups is 2. The van der Waals surface area contributed by atoms with E-state index in [1.807, 2.05) is 0 Å². The predicted octanol–water partition coefficient (Wildman–Crippen LogP) is 10.8. The zero-order valence-corrected chi connectivity index (χ0v) is 38.3. The molecule has 0 unspecified atom stereocenters. The van der Waals surface area contributed by atoms with Crippen molar-refractivity contribution in [3.63, 3.8) is 0 Å². The molecule has 0 aliphatic rings. The quantitative estimate of drug-likeness (QED) is 0.0217. The second-order valence-corrected chi connectivity index (χ2v) is 16.4. The molecule has 0 saturated heterocycles. The molecule has 0 heterocycles. The van der Waals surface area contributed by atoms with Gasteiger partial charge in [0.05, 0.1) is 29.2 Å². The number of allylic oxidation sites excluding steroid dienone is 4. The molecule has 1 aromatic carbocycles. The van der Waals surface area contributed by atoms with Gasteiger partial charge in [0.15, 0.2) is 0 Å². The third-order valence-corrected chi connectivity index (χ3v) is 10.8. The molecule has 1 aromatic rings. The fourth-order valence-corrected chi connectivity index (χ4v) is 7.09. The summed E-state index contributed by atoms with van der Waals surface area (Å²) in [6, 6.07) is 3.08. The van der Waals surface area contributed by atoms with Gasteiger partial charge in [0.1, 0.15) is 10.1 Å². The molecule has 0 aliphatic heterocycles. The van der Waals surface area contributed by atoms with Crippen molar-refractivity contribution >= 4 is 22.1 Å². The van der Waals surface area contributed by atoms with Crippen LogP contribution in [0.2, 0.25) is 0 Å². The molecule has 0 spiro atoms. The number of hydrogen-bond acceptors (Lipinski definition) is 7. The predicted molar refractivity (Wildman–Crippen MR) is 223 cm³/mol. The number of esters is 2. The summed E-state index contributed by atoms with van der Waals surface area (Å²) in [5.74, 6) is -1.60. The van der Waals surface area contributed by atoms with E-state index in [2.05, 4.69) is 38.2 Å². The Balaban J connectivity index is 0.0000292. The smallest absolute Gasteiger partial charge is 0.744 e. The van der Waals surface area contributed by atoms with Crippen LogP contribution in [0.25, 0.3) is 0 Å². The number of hydrogen-bond donors (Lipinski definition) is 0. The van der Waals surface area contributed by atoms with Gasteiger partial charge in [0.2, 0.25) is 0 Å². The monoisotopic (exact) mass is 797 g/mol. The second-order valence-electron chi connectivity index (χ2n) is 15.0. The van der Waals surface area contributed by atoms with Gasteiger partial charge in [-0.15, -0.1) is 0 Å². The van der Waals surface area contributed by atoms with Crippen molar-refractivity contribution in [2.24, 2.45) is 0 Å². The molecule has 0 atom stereocenters. The third-order valence-electron chi connectivity index (χ3n) is 10.00. The molecule has 55 heavy (non-hydrogen) atoms. The van der Waals surface area contributed by atoms with Crippen LogP contribution in [0.5, 0.6) is 0 Å². The Morgan fingerprint density at radius 1 is 0.491 bits per heavy atom. The Morgan fingerprint density at radius 3 is 1.15 bits per heavy atom. The van der Waals surface area contributed by atoms with Crippen molar-refractivity contribution in [1.29, 1.82) is 0 Å². The molecule has 310 valence electrons. The Labute approximate surface area is 359 Å². The number of benzene rings is 1. The number of carbonyl (C=O) groups excluding carboxylic acids is 2. The van der Waals surface area contributed by atoms with Crippen LogP contribution >= 0.6 is 0 Å². The number of ether oxygens (including phenoxy) is 2. The van der Waals surface area contributed by atoms with Crippen molar-refractivity contribution < 1.29 is 61.6 Å². The first-order valence-electron chi connectivity index (χ1n) is 22.0. The maximum absolute atomic E-state index is 12.9. The SMILES string of the molecule is CCCCCCCCCCCCCC/C=C/CCCOC(=O)c1ccc(S(=O)(=O)[O-])cc1C(=O)OCCC/C=C/CCCCCCCCCCCCCC.[Na+]. The van der Waals surface area contributed by atoms with E-state index in [-0.39, 0.29) is 53.9 Å². The average Bonchev–Trinajstić information content (AvgIpc) is 3.16. The number of rotatable bonds is 37. The van der Waals surface area contributed by atoms with Gasteiger partial charge in [-0.3, -0.25) is 0 Å². The van der Waals surface area contributed by atoms with E-state index >= 15 is 0 Å². The molecule has 9 heteroatoms. The van der Waals surface area contributed by atoms with Gasteiger partial charge < -0.3 is 14.0 Å². The van der Waals surface area contributed by atoms with E-state index in [4.69, 9.17) is 9.47 Å². The van der Waals surface area contributed by atoms with Crippen molar-refractivity contribution in [2.75, 3.05) is 13.2 Å². The molecular formula is C46H77NaO7S. The van der Waals surface area contributed by atoms with E-state index in [1.54, 1.807) is 0 Å². The van der Waals surface area contributed by atoms with Crippen LogP contribution in [-0.4, -0.2) is 38.1 Å². The zero-order valence-electron chi connectivity index (χ0n) is 35.4. The molecule has 0 aliphatic carbocycles. The van der Waals surface area contributed by atoms with Crippen molar-refractivity contribution in [3.8, 4) is 0 Å². The molecule has 0 amide bonds. The van der Waals surface area contributed by atoms with E-state index < -0.39 is 27.0 Å². The van der Waals surface area contributed by atoms with Crippen LogP contribution < -0.4 is 29.6 Å². The summed E-state index contributed by atoms with van der Waals surface area (Å²) in [5, 5.41) is 0. The van der Waals surface area contributed by atoms with E-state index in [9.17, 15) is 22.6 Å². The molecule has 0 bridgehead atoms.